The molecule has 0 fully saturated rings. The van der Waals surface area contributed by atoms with E-state index in [9.17, 15) is 9.50 Å². The summed E-state index contributed by atoms with van der Waals surface area (Å²) < 4.78 is 13.1. The van der Waals surface area contributed by atoms with Crippen molar-refractivity contribution in [1.82, 2.24) is 0 Å². The molecule has 0 amide bonds. The molecule has 0 saturated carbocycles. The number of nitrogens with two attached hydrogens (primary N) is 1. The molecule has 0 radical (unpaired) electrons. The largest absolute Gasteiger partial charge is 0.505 e. The van der Waals surface area contributed by atoms with Crippen LogP contribution < -0.4 is 5.73 Å². The van der Waals surface area contributed by atoms with E-state index in [1.54, 1.807) is 6.08 Å². The average molecular weight is 206 g/mol. The minimum atomic E-state index is -0.775. The van der Waals surface area contributed by atoms with Gasteiger partial charge in [-0.1, -0.05) is 6.08 Å². The van der Waals surface area contributed by atoms with Crippen LogP contribution in [0.15, 0.2) is 24.8 Å². The van der Waals surface area contributed by atoms with Gasteiger partial charge in [0.15, 0.2) is 11.6 Å². The molecule has 78 valence electrons. The van der Waals surface area contributed by atoms with E-state index in [0.29, 0.717) is 6.42 Å². The number of nitriles is 1. The first kappa shape index (κ1) is 11.2. The quantitative estimate of drug-likeness (QED) is 0.743. The number of phenolic OH excluding ortho intramolecular Hbond substituents is 1. The smallest absolute Gasteiger partial charge is 0.165 e. The van der Waals surface area contributed by atoms with Crippen LogP contribution in [0.1, 0.15) is 23.6 Å². The third kappa shape index (κ3) is 2.14. The van der Waals surface area contributed by atoms with E-state index in [2.05, 4.69) is 6.58 Å². The molecule has 0 heterocycles. The summed E-state index contributed by atoms with van der Waals surface area (Å²) in [7, 11) is 0. The average Bonchev–Trinajstić information content (AvgIpc) is 2.22. The van der Waals surface area contributed by atoms with E-state index in [4.69, 9.17) is 11.0 Å². The van der Waals surface area contributed by atoms with Gasteiger partial charge in [-0.2, -0.15) is 5.26 Å². The molecule has 0 aromatic heterocycles. The van der Waals surface area contributed by atoms with E-state index in [-0.39, 0.29) is 11.1 Å². The minimum Gasteiger partial charge on any atom is -0.505 e. The first-order valence-electron chi connectivity index (χ1n) is 4.39. The van der Waals surface area contributed by atoms with Crippen molar-refractivity contribution >= 4 is 0 Å². The Bertz CT molecular complexity index is 423. The third-order valence-electron chi connectivity index (χ3n) is 2.08. The van der Waals surface area contributed by atoms with E-state index < -0.39 is 17.6 Å². The molecule has 0 saturated heterocycles. The lowest BCUT2D eigenvalue weighted by Crippen LogP contribution is -2.11. The van der Waals surface area contributed by atoms with Crippen LogP contribution >= 0.6 is 0 Å². The summed E-state index contributed by atoms with van der Waals surface area (Å²) in [5, 5.41) is 18.3. The van der Waals surface area contributed by atoms with Gasteiger partial charge in [-0.05, 0) is 18.6 Å². The summed E-state index contributed by atoms with van der Waals surface area (Å²) in [5.41, 5.74) is 6.02. The number of hydrogen-bond donors (Lipinski definition) is 2. The zero-order valence-electron chi connectivity index (χ0n) is 8.07. The lowest BCUT2D eigenvalue weighted by molar-refractivity contribution is 0.420. The van der Waals surface area contributed by atoms with Gasteiger partial charge in [0.2, 0.25) is 0 Å². The molecule has 1 aromatic carbocycles. The molecule has 3 nitrogen and oxygen atoms in total. The summed E-state index contributed by atoms with van der Waals surface area (Å²) in [5.74, 6) is -1.33. The molecular formula is C11H11FN2O. The van der Waals surface area contributed by atoms with Crippen LogP contribution in [0.25, 0.3) is 0 Å². The van der Waals surface area contributed by atoms with Gasteiger partial charge >= 0.3 is 0 Å². The zero-order valence-corrected chi connectivity index (χ0v) is 8.07. The second kappa shape index (κ2) is 4.58. The van der Waals surface area contributed by atoms with Crippen molar-refractivity contribution in [3.63, 3.8) is 0 Å². The first-order chi connectivity index (χ1) is 7.11. The normalized spacial score (nSPS) is 11.8. The second-order valence-electron chi connectivity index (χ2n) is 3.10. The maximum Gasteiger partial charge on any atom is 0.165 e. The van der Waals surface area contributed by atoms with Crippen LogP contribution in [0, 0.1) is 17.1 Å². The van der Waals surface area contributed by atoms with Crippen LogP contribution in [0.4, 0.5) is 4.39 Å². The number of hydrogen-bond acceptors (Lipinski definition) is 3. The van der Waals surface area contributed by atoms with Gasteiger partial charge in [0.1, 0.15) is 0 Å². The van der Waals surface area contributed by atoms with Gasteiger partial charge in [0.25, 0.3) is 0 Å². The van der Waals surface area contributed by atoms with Crippen LogP contribution in [0.2, 0.25) is 0 Å². The van der Waals surface area contributed by atoms with Crippen molar-refractivity contribution in [2.75, 3.05) is 0 Å². The molecule has 1 aromatic rings. The third-order valence-corrected chi connectivity index (χ3v) is 2.08. The lowest BCUT2D eigenvalue weighted by Gasteiger charge is -2.13. The molecule has 15 heavy (non-hydrogen) atoms. The first-order valence-corrected chi connectivity index (χ1v) is 4.39. The molecule has 0 bridgehead atoms. The maximum atomic E-state index is 13.1. The maximum absolute atomic E-state index is 13.1. The highest BCUT2D eigenvalue weighted by molar-refractivity contribution is 5.48. The molecule has 0 unspecified atom stereocenters. The minimum absolute atomic E-state index is 0.136. The fourth-order valence-electron chi connectivity index (χ4n) is 1.35. The lowest BCUT2D eigenvalue weighted by atomic mass is 9.98. The standard InChI is InChI=1S/C11H11FN2O/c1-2-3-9(14)10-7(6-13)4-5-8(12)11(10)15/h2,4-5,9,15H,1,3,14H2/t9-/m1/s1. The van der Waals surface area contributed by atoms with Gasteiger partial charge < -0.3 is 10.8 Å². The van der Waals surface area contributed by atoms with Crippen molar-refractivity contribution in [2.24, 2.45) is 5.73 Å². The number of aromatic hydroxyl groups is 1. The number of benzene rings is 1. The Labute approximate surface area is 87.3 Å². The van der Waals surface area contributed by atoms with Gasteiger partial charge in [0.05, 0.1) is 11.6 Å². The fourth-order valence-corrected chi connectivity index (χ4v) is 1.35. The molecule has 3 N–H and O–H groups in total. The zero-order chi connectivity index (χ0) is 11.4. The predicted molar refractivity (Wildman–Crippen MR) is 54.5 cm³/mol. The summed E-state index contributed by atoms with van der Waals surface area (Å²) in [6.07, 6.45) is 1.92. The number of phenols is 1. The Balaban J connectivity index is 3.30. The van der Waals surface area contributed by atoms with Crippen molar-refractivity contribution in [3.05, 3.63) is 41.7 Å². The van der Waals surface area contributed by atoms with Gasteiger partial charge in [-0.3, -0.25) is 0 Å². The molecule has 1 atom stereocenters. The summed E-state index contributed by atoms with van der Waals surface area (Å²) in [6, 6.07) is 3.58. The molecule has 1 rings (SSSR count). The van der Waals surface area contributed by atoms with Crippen molar-refractivity contribution in [3.8, 4) is 11.8 Å². The number of nitrogens with zero attached hydrogens (tertiary/aromatic N) is 1. The Morgan fingerprint density at radius 1 is 1.67 bits per heavy atom. The molecular weight excluding hydrogens is 195 g/mol. The highest BCUT2D eigenvalue weighted by Gasteiger charge is 2.17. The Morgan fingerprint density at radius 2 is 2.33 bits per heavy atom. The molecule has 0 spiro atoms. The van der Waals surface area contributed by atoms with E-state index >= 15 is 0 Å². The summed E-state index contributed by atoms with van der Waals surface area (Å²) in [4.78, 5) is 0. The van der Waals surface area contributed by atoms with Crippen molar-refractivity contribution in [1.29, 1.82) is 5.26 Å². The van der Waals surface area contributed by atoms with Crippen molar-refractivity contribution < 1.29 is 9.50 Å². The van der Waals surface area contributed by atoms with Crippen LogP contribution in [0.5, 0.6) is 5.75 Å². The molecule has 4 heteroatoms. The van der Waals surface area contributed by atoms with Crippen molar-refractivity contribution in [2.45, 2.75) is 12.5 Å². The second-order valence-corrected chi connectivity index (χ2v) is 3.10. The monoisotopic (exact) mass is 206 g/mol. The Hall–Kier alpha value is -1.86. The summed E-state index contributed by atoms with van der Waals surface area (Å²) in [6.45, 7) is 3.50. The summed E-state index contributed by atoms with van der Waals surface area (Å²) >= 11 is 0. The highest BCUT2D eigenvalue weighted by atomic mass is 19.1. The highest BCUT2D eigenvalue weighted by Crippen LogP contribution is 2.30. The predicted octanol–water partition coefficient (Wildman–Crippen LogP) is 1.98. The van der Waals surface area contributed by atoms with Gasteiger partial charge in [0, 0.05) is 11.6 Å². The fraction of sp³-hybridized carbons (Fsp3) is 0.182. The van der Waals surface area contributed by atoms with E-state index in [0.717, 1.165) is 6.07 Å². The van der Waals surface area contributed by atoms with Crippen LogP contribution in [0.3, 0.4) is 0 Å². The SMILES string of the molecule is C=CC[C@@H](N)c1c(C#N)ccc(F)c1O. The van der Waals surface area contributed by atoms with Crippen LogP contribution in [-0.4, -0.2) is 5.11 Å². The molecule has 0 aliphatic carbocycles. The molecule has 0 aliphatic rings. The van der Waals surface area contributed by atoms with Crippen LogP contribution in [-0.2, 0) is 0 Å². The number of halogens is 1. The van der Waals surface area contributed by atoms with Gasteiger partial charge in [-0.15, -0.1) is 6.58 Å². The topological polar surface area (TPSA) is 70.0 Å². The Morgan fingerprint density at radius 3 is 2.87 bits per heavy atom. The van der Waals surface area contributed by atoms with E-state index in [1.165, 1.54) is 6.07 Å². The number of rotatable bonds is 3. The Kier molecular flexibility index (Phi) is 3.42. The molecule has 0 aliphatic heterocycles. The van der Waals surface area contributed by atoms with Gasteiger partial charge in [-0.25, -0.2) is 4.39 Å². The van der Waals surface area contributed by atoms with E-state index in [1.807, 2.05) is 6.07 Å².